The molecule has 0 saturated heterocycles. The summed E-state index contributed by atoms with van der Waals surface area (Å²) in [5, 5.41) is 0. The molecule has 2 unspecified atom stereocenters. The van der Waals surface area contributed by atoms with Gasteiger partial charge in [-0.05, 0) is 123 Å². The highest BCUT2D eigenvalue weighted by atomic mass is 15.2. The van der Waals surface area contributed by atoms with Gasteiger partial charge in [0.1, 0.15) is 5.82 Å². The minimum Gasteiger partial charge on any atom is -0.311 e. The molecule has 0 bridgehead atoms. The Hall–Kier alpha value is -7.56. The van der Waals surface area contributed by atoms with E-state index in [0.717, 1.165) is 41.4 Å². The summed E-state index contributed by atoms with van der Waals surface area (Å²) in [6.45, 7) is 0.00357. The monoisotopic (exact) mass is 802 g/mol. The van der Waals surface area contributed by atoms with Crippen LogP contribution < -0.4 is 47.5 Å². The lowest BCUT2D eigenvalue weighted by molar-refractivity contribution is 0.667. The predicted octanol–water partition coefficient (Wildman–Crippen LogP) is 9.45. The number of nitrogens with zero attached hydrogens (tertiary/aromatic N) is 4. The molecule has 8 aromatic carbocycles. The largest absolute Gasteiger partial charge is 0.311 e. The third-order valence-corrected chi connectivity index (χ3v) is 14.8. The summed E-state index contributed by atoms with van der Waals surface area (Å²) in [7, 11) is 0. The average Bonchev–Trinajstić information content (AvgIpc) is 4.10. The second kappa shape index (κ2) is 13.2. The molecule has 5 heterocycles. The minimum atomic E-state index is -0.0415. The highest BCUT2D eigenvalue weighted by molar-refractivity contribution is 7.02. The van der Waals surface area contributed by atoms with Crippen LogP contribution in [-0.2, 0) is 11.8 Å². The number of fused-ring (bicyclic) bond motifs is 9. The Labute approximate surface area is 368 Å². The molecular formula is C57H40B2N4. The zero-order chi connectivity index (χ0) is 41.2. The lowest BCUT2D eigenvalue weighted by Crippen LogP contribution is -2.64. The molecule has 4 aliphatic heterocycles. The molecule has 1 fully saturated rings. The molecule has 2 atom stereocenters. The number of pyridine rings is 1. The van der Waals surface area contributed by atoms with Crippen molar-refractivity contribution in [1.29, 1.82) is 0 Å². The fourth-order valence-corrected chi connectivity index (χ4v) is 12.2. The van der Waals surface area contributed by atoms with Gasteiger partial charge in [-0.25, -0.2) is 4.98 Å². The summed E-state index contributed by atoms with van der Waals surface area (Å²) >= 11 is 0. The van der Waals surface area contributed by atoms with E-state index in [4.69, 9.17) is 4.98 Å². The summed E-state index contributed by atoms with van der Waals surface area (Å²) in [4.78, 5) is 12.8. The van der Waals surface area contributed by atoms with Crippen LogP contribution in [0, 0.1) is 0 Å². The fourth-order valence-electron chi connectivity index (χ4n) is 12.2. The Kier molecular flexibility index (Phi) is 7.36. The van der Waals surface area contributed by atoms with Crippen LogP contribution in [0.15, 0.2) is 212 Å². The van der Waals surface area contributed by atoms with Gasteiger partial charge in [0, 0.05) is 57.1 Å². The predicted molar refractivity (Wildman–Crippen MR) is 263 cm³/mol. The average molecular weight is 803 g/mol. The fraction of sp³-hybridized carbons (Fsp3) is 0.0702. The van der Waals surface area contributed by atoms with Crippen LogP contribution in [0.25, 0.3) is 0 Å². The quantitative estimate of drug-likeness (QED) is 0.166. The van der Waals surface area contributed by atoms with E-state index in [0.29, 0.717) is 5.92 Å². The molecule has 1 aliphatic carbocycles. The van der Waals surface area contributed by atoms with Crippen LogP contribution >= 0.6 is 0 Å². The summed E-state index contributed by atoms with van der Waals surface area (Å²) in [6, 6.07) is 77.0. The second-order valence-corrected chi connectivity index (χ2v) is 17.9. The van der Waals surface area contributed by atoms with E-state index in [-0.39, 0.29) is 18.8 Å². The summed E-state index contributed by atoms with van der Waals surface area (Å²) < 4.78 is 0. The molecule has 9 aromatic rings. The van der Waals surface area contributed by atoms with Gasteiger partial charge in [0.05, 0.1) is 0 Å². The maximum atomic E-state index is 5.33. The normalized spacial score (nSPS) is 18.1. The van der Waals surface area contributed by atoms with E-state index < -0.39 is 0 Å². The van der Waals surface area contributed by atoms with Crippen LogP contribution in [0.2, 0.25) is 0 Å². The van der Waals surface area contributed by atoms with E-state index in [9.17, 15) is 0 Å². The van der Waals surface area contributed by atoms with Crippen LogP contribution in [0.4, 0.5) is 51.3 Å². The molecule has 1 aromatic heterocycles. The maximum absolute atomic E-state index is 5.33. The van der Waals surface area contributed by atoms with Crippen molar-refractivity contribution in [3.05, 3.63) is 229 Å². The van der Waals surface area contributed by atoms with Crippen molar-refractivity contribution < 1.29 is 0 Å². The molecule has 1 saturated carbocycles. The first-order valence-corrected chi connectivity index (χ1v) is 22.3. The Morgan fingerprint density at radius 1 is 0.429 bits per heavy atom. The molecule has 4 nitrogen and oxygen atoms in total. The lowest BCUT2D eigenvalue weighted by Gasteiger charge is -2.45. The topological polar surface area (TPSA) is 22.6 Å². The van der Waals surface area contributed by atoms with Crippen molar-refractivity contribution in [1.82, 2.24) is 4.98 Å². The van der Waals surface area contributed by atoms with Gasteiger partial charge < -0.3 is 9.80 Å². The molecule has 1 spiro atoms. The molecule has 63 heavy (non-hydrogen) atoms. The third-order valence-electron chi connectivity index (χ3n) is 14.8. The Balaban J connectivity index is 1.08. The van der Waals surface area contributed by atoms with Crippen molar-refractivity contribution >= 4 is 97.5 Å². The molecule has 294 valence electrons. The van der Waals surface area contributed by atoms with Gasteiger partial charge >= 0.3 is 0 Å². The van der Waals surface area contributed by atoms with E-state index in [1.165, 1.54) is 72.2 Å². The zero-order valence-electron chi connectivity index (χ0n) is 34.6. The standard InChI is InChI=1S/C57H40B2N4/c1-5-18-38(19-6-1)44-37-57(44)36-39-20-17-31-50-54(39)58(45-28-14-13-27-43(45)57)47-34-48-53(35-52(47)62(50)41-23-9-3-10-24-41)63(42-25-11-4-12-26-42)56-55-51(32-33-60-56)61(40-21-7-2-8-22-40)49-30-16-15-29-46(49)59(48)55/h1-35,44H,36-37H2. The van der Waals surface area contributed by atoms with Crippen molar-refractivity contribution in [3.8, 4) is 0 Å². The number of aromatic nitrogens is 1. The van der Waals surface area contributed by atoms with Crippen LogP contribution in [0.3, 0.4) is 0 Å². The zero-order valence-corrected chi connectivity index (χ0v) is 34.6. The summed E-state index contributed by atoms with van der Waals surface area (Å²) in [5.74, 6) is 1.44. The third kappa shape index (κ3) is 4.92. The lowest BCUT2D eigenvalue weighted by atomic mass is 9.30. The molecule has 14 rings (SSSR count). The van der Waals surface area contributed by atoms with Crippen LogP contribution in [0.1, 0.15) is 29.0 Å². The molecule has 0 amide bonds. The maximum Gasteiger partial charge on any atom is 0.254 e. The Morgan fingerprint density at radius 2 is 0.968 bits per heavy atom. The number of hydrogen-bond acceptors (Lipinski definition) is 4. The molecule has 0 radical (unpaired) electrons. The number of benzene rings is 8. The first kappa shape index (κ1) is 35.1. The Bertz CT molecular complexity index is 3290. The highest BCUT2D eigenvalue weighted by Gasteiger charge is 2.59. The Morgan fingerprint density at radius 3 is 1.68 bits per heavy atom. The van der Waals surface area contributed by atoms with Crippen molar-refractivity contribution in [3.63, 3.8) is 0 Å². The smallest absolute Gasteiger partial charge is 0.254 e. The number of hydrogen-bond donors (Lipinski definition) is 0. The van der Waals surface area contributed by atoms with Crippen LogP contribution in [-0.4, -0.2) is 18.4 Å². The second-order valence-electron chi connectivity index (χ2n) is 17.9. The van der Waals surface area contributed by atoms with E-state index in [1.807, 2.05) is 6.20 Å². The first-order chi connectivity index (χ1) is 31.3. The van der Waals surface area contributed by atoms with Crippen molar-refractivity contribution in [2.24, 2.45) is 0 Å². The molecule has 0 N–H and O–H groups in total. The van der Waals surface area contributed by atoms with E-state index >= 15 is 0 Å². The van der Waals surface area contributed by atoms with Gasteiger partial charge in [-0.1, -0.05) is 151 Å². The number of rotatable bonds is 4. The summed E-state index contributed by atoms with van der Waals surface area (Å²) in [5.41, 5.74) is 21.9. The number of para-hydroxylation sites is 4. The van der Waals surface area contributed by atoms with Crippen LogP contribution in [0.5, 0.6) is 0 Å². The van der Waals surface area contributed by atoms with Gasteiger partial charge in [-0.2, -0.15) is 0 Å². The molecule has 5 aliphatic rings. The van der Waals surface area contributed by atoms with Gasteiger partial charge in [0.25, 0.3) is 6.71 Å². The SMILES string of the molecule is c1ccc(C2CC23Cc2cccc4c2B(c2cc5c(cc2N4c2ccccc2)N(c2ccccc2)c2nccc4c2B5c2ccccc2N4c2ccccc2)c2ccccc23)cc1. The van der Waals surface area contributed by atoms with E-state index in [2.05, 4.69) is 221 Å². The van der Waals surface area contributed by atoms with Gasteiger partial charge in [-0.3, -0.25) is 4.90 Å². The van der Waals surface area contributed by atoms with Crippen molar-refractivity contribution in [2.75, 3.05) is 14.7 Å². The summed E-state index contributed by atoms with van der Waals surface area (Å²) in [6.07, 6.45) is 4.17. The molecular weight excluding hydrogens is 762 g/mol. The van der Waals surface area contributed by atoms with Gasteiger partial charge in [0.15, 0.2) is 0 Å². The van der Waals surface area contributed by atoms with Crippen molar-refractivity contribution in [2.45, 2.75) is 24.2 Å². The van der Waals surface area contributed by atoms with E-state index in [1.54, 1.807) is 0 Å². The van der Waals surface area contributed by atoms with Gasteiger partial charge in [-0.15, -0.1) is 0 Å². The highest BCUT2D eigenvalue weighted by Crippen LogP contribution is 2.62. The molecule has 6 heteroatoms. The minimum absolute atomic E-state index is 0.0309. The number of anilines is 9. The first-order valence-electron chi connectivity index (χ1n) is 22.3. The van der Waals surface area contributed by atoms with Gasteiger partial charge in [0.2, 0.25) is 6.71 Å².